The summed E-state index contributed by atoms with van der Waals surface area (Å²) in [4.78, 5) is 23.7. The number of guanidine groups is 1. The molecule has 0 radical (unpaired) electrons. The van der Waals surface area contributed by atoms with Crippen LogP contribution in [0.2, 0.25) is 0 Å². The molecule has 2 N–H and O–H groups in total. The number of allylic oxidation sites excluding steroid dienone is 1. The Morgan fingerprint density at radius 1 is 1.07 bits per heavy atom. The van der Waals surface area contributed by atoms with Gasteiger partial charge in [-0.15, -0.1) is 0 Å². The van der Waals surface area contributed by atoms with Crippen molar-refractivity contribution in [3.05, 3.63) is 83.4 Å². The van der Waals surface area contributed by atoms with Crippen LogP contribution in [0.1, 0.15) is 31.9 Å². The lowest BCUT2D eigenvalue weighted by Gasteiger charge is -2.27. The lowest BCUT2D eigenvalue weighted by molar-refractivity contribution is -0.129. The van der Waals surface area contributed by atoms with Crippen molar-refractivity contribution in [1.82, 2.24) is 4.90 Å². The average Bonchev–Trinajstić information content (AvgIpc) is 3.00. The fraction of sp³-hybridized carbons (Fsp3) is 0.261. The molecule has 5 heteroatoms. The van der Waals surface area contributed by atoms with E-state index in [1.807, 2.05) is 87.5 Å². The monoisotopic (exact) mass is 376 g/mol. The van der Waals surface area contributed by atoms with E-state index in [1.165, 1.54) is 4.90 Å². The third-order valence-corrected chi connectivity index (χ3v) is 4.41. The van der Waals surface area contributed by atoms with Crippen LogP contribution in [0.25, 0.3) is 0 Å². The van der Waals surface area contributed by atoms with E-state index in [4.69, 9.17) is 5.73 Å². The summed E-state index contributed by atoms with van der Waals surface area (Å²) in [5.41, 5.74) is 7.62. The summed E-state index contributed by atoms with van der Waals surface area (Å²) >= 11 is 0. The maximum atomic E-state index is 13.5. The van der Waals surface area contributed by atoms with E-state index in [0.717, 1.165) is 16.7 Å². The highest BCUT2D eigenvalue weighted by Crippen LogP contribution is 2.39. The first-order valence-electron chi connectivity index (χ1n) is 9.46. The average molecular weight is 377 g/mol. The maximum Gasteiger partial charge on any atom is 0.266 e. The number of carbonyl (C=O) groups is 1. The van der Waals surface area contributed by atoms with E-state index in [-0.39, 0.29) is 11.9 Å². The van der Waals surface area contributed by atoms with Gasteiger partial charge in [0.25, 0.3) is 5.91 Å². The van der Waals surface area contributed by atoms with E-state index >= 15 is 0 Å². The normalized spacial score (nSPS) is 16.0. The van der Waals surface area contributed by atoms with Gasteiger partial charge in [0.05, 0.1) is 0 Å². The minimum atomic E-state index is -1.15. The zero-order valence-electron chi connectivity index (χ0n) is 17.0. The fourth-order valence-electron chi connectivity index (χ4n) is 3.14. The molecule has 1 heterocycles. The molecule has 146 valence electrons. The van der Waals surface area contributed by atoms with Crippen molar-refractivity contribution in [2.75, 3.05) is 13.6 Å². The van der Waals surface area contributed by atoms with E-state index < -0.39 is 5.54 Å². The van der Waals surface area contributed by atoms with Crippen LogP contribution >= 0.6 is 0 Å². The summed E-state index contributed by atoms with van der Waals surface area (Å²) < 4.78 is 0. The van der Waals surface area contributed by atoms with Gasteiger partial charge in [0.2, 0.25) is 0 Å². The van der Waals surface area contributed by atoms with Crippen LogP contribution in [0.4, 0.5) is 0 Å². The molecule has 28 heavy (non-hydrogen) atoms. The predicted octanol–water partition coefficient (Wildman–Crippen LogP) is 3.76. The lowest BCUT2D eigenvalue weighted by atomic mass is 9.83. The Hall–Kier alpha value is -3.21. The van der Waals surface area contributed by atoms with Crippen molar-refractivity contribution in [2.45, 2.75) is 26.3 Å². The standard InChI is InChI=1S/C21H22N4O.C2H6/c1-16(13-14-23-2)15-25-19(26)21(24-20(25)22,17-9-5-3-6-10-17)18-11-7-4-8-12-18;1-2/h3-14H,15H2,1-2H3,(H2,22,24);1-2H3/b16-13+,23-14?;. The third-order valence-electron chi connectivity index (χ3n) is 4.41. The SMILES string of the molecule is CC.CN=C/C=C(\C)CN1C(=O)C(c2ccccc2)(c2ccccc2)N=C1N. The van der Waals surface area contributed by atoms with E-state index in [0.29, 0.717) is 6.54 Å². The van der Waals surface area contributed by atoms with Crippen molar-refractivity contribution in [2.24, 2.45) is 15.7 Å². The molecule has 0 fully saturated rings. The first-order valence-corrected chi connectivity index (χ1v) is 9.46. The maximum absolute atomic E-state index is 13.5. The highest BCUT2D eigenvalue weighted by molar-refractivity contribution is 6.09. The van der Waals surface area contributed by atoms with Crippen LogP contribution in [-0.4, -0.2) is 36.6 Å². The number of nitrogens with two attached hydrogens (primary N) is 1. The quantitative estimate of drug-likeness (QED) is 0.807. The topological polar surface area (TPSA) is 71.0 Å². The fourth-order valence-corrected chi connectivity index (χ4v) is 3.14. The Kier molecular flexibility index (Phi) is 7.27. The van der Waals surface area contributed by atoms with E-state index in [1.54, 1.807) is 13.3 Å². The van der Waals surface area contributed by atoms with Crippen molar-refractivity contribution >= 4 is 18.1 Å². The molecule has 0 aromatic heterocycles. The first kappa shape index (κ1) is 21.1. The number of amides is 1. The largest absolute Gasteiger partial charge is 0.369 e. The molecule has 2 aromatic rings. The molecule has 0 saturated heterocycles. The smallest absolute Gasteiger partial charge is 0.266 e. The molecule has 1 aliphatic heterocycles. The molecule has 2 aromatic carbocycles. The number of rotatable bonds is 5. The summed E-state index contributed by atoms with van der Waals surface area (Å²) in [6, 6.07) is 19.1. The van der Waals surface area contributed by atoms with Gasteiger partial charge in [-0.2, -0.15) is 0 Å². The molecular formula is C23H28N4O. The Morgan fingerprint density at radius 3 is 2.04 bits per heavy atom. The van der Waals surface area contributed by atoms with Crippen molar-refractivity contribution in [3.63, 3.8) is 0 Å². The van der Waals surface area contributed by atoms with Gasteiger partial charge in [-0.05, 0) is 24.1 Å². The Labute approximate surface area is 167 Å². The second-order valence-corrected chi connectivity index (χ2v) is 6.22. The van der Waals surface area contributed by atoms with Crippen LogP contribution in [0.3, 0.4) is 0 Å². The first-order chi connectivity index (χ1) is 13.6. The summed E-state index contributed by atoms with van der Waals surface area (Å²) in [7, 11) is 1.70. The van der Waals surface area contributed by atoms with Gasteiger partial charge < -0.3 is 5.73 Å². The molecule has 3 rings (SSSR count). The number of aliphatic imine (C=N–C) groups is 2. The zero-order valence-corrected chi connectivity index (χ0v) is 17.0. The highest BCUT2D eigenvalue weighted by Gasteiger charge is 2.50. The number of carbonyl (C=O) groups excluding carboxylic acids is 1. The highest BCUT2D eigenvalue weighted by atomic mass is 16.2. The van der Waals surface area contributed by atoms with E-state index in [2.05, 4.69) is 9.98 Å². The lowest BCUT2D eigenvalue weighted by Crippen LogP contribution is -2.44. The summed E-state index contributed by atoms with van der Waals surface area (Å²) in [6.07, 6.45) is 3.57. The molecule has 0 aliphatic carbocycles. The van der Waals surface area contributed by atoms with Gasteiger partial charge >= 0.3 is 0 Å². The Bertz CT molecular complexity index is 830. The summed E-state index contributed by atoms with van der Waals surface area (Å²) in [5, 5.41) is 0. The summed E-state index contributed by atoms with van der Waals surface area (Å²) in [5.74, 6) is 0.0810. The molecule has 0 saturated carbocycles. The molecule has 0 bridgehead atoms. The molecule has 5 nitrogen and oxygen atoms in total. The van der Waals surface area contributed by atoms with Crippen molar-refractivity contribution in [1.29, 1.82) is 0 Å². The minimum absolute atomic E-state index is 0.145. The van der Waals surface area contributed by atoms with Gasteiger partial charge in [0, 0.05) is 19.8 Å². The molecular weight excluding hydrogens is 348 g/mol. The van der Waals surface area contributed by atoms with Gasteiger partial charge in [-0.3, -0.25) is 14.7 Å². The van der Waals surface area contributed by atoms with E-state index in [9.17, 15) is 4.79 Å². The second kappa shape index (κ2) is 9.65. The number of hydrogen-bond acceptors (Lipinski definition) is 4. The van der Waals surface area contributed by atoms with Gasteiger partial charge in [0.1, 0.15) is 0 Å². The third kappa shape index (κ3) is 4.03. The Balaban J connectivity index is 0.00000136. The molecule has 1 aliphatic rings. The number of nitrogens with zero attached hydrogens (tertiary/aromatic N) is 3. The van der Waals surface area contributed by atoms with Crippen LogP contribution in [0.15, 0.2) is 82.3 Å². The molecule has 1 amide bonds. The number of benzene rings is 2. The van der Waals surface area contributed by atoms with Crippen molar-refractivity contribution < 1.29 is 4.79 Å². The second-order valence-electron chi connectivity index (χ2n) is 6.22. The van der Waals surface area contributed by atoms with Crippen LogP contribution in [-0.2, 0) is 10.3 Å². The Morgan fingerprint density at radius 2 is 1.57 bits per heavy atom. The van der Waals surface area contributed by atoms with Crippen molar-refractivity contribution in [3.8, 4) is 0 Å². The minimum Gasteiger partial charge on any atom is -0.369 e. The molecule has 0 spiro atoms. The van der Waals surface area contributed by atoms with Gasteiger partial charge in [0.15, 0.2) is 11.5 Å². The van der Waals surface area contributed by atoms with Crippen LogP contribution in [0.5, 0.6) is 0 Å². The van der Waals surface area contributed by atoms with Gasteiger partial charge in [-0.25, -0.2) is 4.99 Å². The van der Waals surface area contributed by atoms with Crippen LogP contribution in [0, 0.1) is 0 Å². The summed E-state index contributed by atoms with van der Waals surface area (Å²) in [6.45, 7) is 6.31. The predicted molar refractivity (Wildman–Crippen MR) is 117 cm³/mol. The van der Waals surface area contributed by atoms with Crippen LogP contribution < -0.4 is 5.73 Å². The molecule has 0 atom stereocenters. The van der Waals surface area contributed by atoms with Gasteiger partial charge in [-0.1, -0.05) is 80.1 Å². The number of hydrogen-bond donors (Lipinski definition) is 1. The zero-order chi connectivity index (χ0) is 20.6. The molecule has 0 unspecified atom stereocenters.